The number of nitrogens with zero attached hydrogens (tertiary/aromatic N) is 2. The van der Waals surface area contributed by atoms with Crippen molar-refractivity contribution in [2.75, 3.05) is 6.54 Å². The van der Waals surface area contributed by atoms with Crippen LogP contribution in [0.25, 0.3) is 0 Å². The van der Waals surface area contributed by atoms with Gasteiger partial charge in [0.05, 0.1) is 12.6 Å². The van der Waals surface area contributed by atoms with Crippen LogP contribution in [-0.2, 0) is 14.8 Å². The number of nitrogens with one attached hydrogen (secondary N) is 1. The summed E-state index contributed by atoms with van der Waals surface area (Å²) in [7, 11) is -3.70. The lowest BCUT2D eigenvalue weighted by molar-refractivity contribution is -0.137. The van der Waals surface area contributed by atoms with E-state index in [4.69, 9.17) is 5.11 Å². The Morgan fingerprint density at radius 2 is 2.29 bits per heavy atom. The Bertz CT molecular complexity index is 468. The van der Waals surface area contributed by atoms with Gasteiger partial charge in [0.15, 0.2) is 5.03 Å². The van der Waals surface area contributed by atoms with Gasteiger partial charge in [0.25, 0.3) is 10.0 Å². The first-order valence-electron chi connectivity index (χ1n) is 5.12. The molecule has 1 atom stereocenters. The first-order chi connectivity index (χ1) is 7.89. The third-order valence-electron chi connectivity index (χ3n) is 2.34. The van der Waals surface area contributed by atoms with Gasteiger partial charge in [0.1, 0.15) is 0 Å². The van der Waals surface area contributed by atoms with Gasteiger partial charge in [-0.2, -0.15) is 9.40 Å². The van der Waals surface area contributed by atoms with Crippen LogP contribution in [-0.4, -0.2) is 46.6 Å². The SMILES string of the molecule is CCN(C(C)CC(=O)O)S(=O)(=O)c1ccn[nH]1. The number of aliphatic carboxylic acids is 1. The fourth-order valence-corrected chi connectivity index (χ4v) is 3.13. The quantitative estimate of drug-likeness (QED) is 0.765. The molecule has 1 aromatic rings. The Kier molecular flexibility index (Phi) is 4.24. The van der Waals surface area contributed by atoms with Gasteiger partial charge in [0, 0.05) is 12.6 Å². The molecule has 7 nitrogen and oxygen atoms in total. The molecule has 0 aliphatic carbocycles. The van der Waals surface area contributed by atoms with Crippen LogP contribution in [0.4, 0.5) is 0 Å². The van der Waals surface area contributed by atoms with Gasteiger partial charge in [-0.3, -0.25) is 9.89 Å². The van der Waals surface area contributed by atoms with Gasteiger partial charge < -0.3 is 5.11 Å². The van der Waals surface area contributed by atoms with E-state index in [9.17, 15) is 13.2 Å². The number of aromatic nitrogens is 2. The molecule has 0 spiro atoms. The smallest absolute Gasteiger partial charge is 0.304 e. The summed E-state index contributed by atoms with van der Waals surface area (Å²) in [6.07, 6.45) is 1.10. The van der Waals surface area contributed by atoms with E-state index in [2.05, 4.69) is 10.2 Å². The summed E-state index contributed by atoms with van der Waals surface area (Å²) in [5.74, 6) is -1.03. The average Bonchev–Trinajstić information content (AvgIpc) is 2.69. The van der Waals surface area contributed by atoms with Gasteiger partial charge >= 0.3 is 5.97 Å². The highest BCUT2D eigenvalue weighted by molar-refractivity contribution is 7.89. The van der Waals surface area contributed by atoms with Crippen LogP contribution in [0.5, 0.6) is 0 Å². The lowest BCUT2D eigenvalue weighted by Crippen LogP contribution is -2.39. The molecule has 17 heavy (non-hydrogen) atoms. The molecule has 1 rings (SSSR count). The lowest BCUT2D eigenvalue weighted by Gasteiger charge is -2.25. The number of sulfonamides is 1. The molecule has 0 radical (unpaired) electrons. The fourth-order valence-electron chi connectivity index (χ4n) is 1.59. The summed E-state index contributed by atoms with van der Waals surface area (Å²) in [4.78, 5) is 10.6. The average molecular weight is 261 g/mol. The van der Waals surface area contributed by atoms with Crippen molar-refractivity contribution in [3.05, 3.63) is 12.3 Å². The highest BCUT2D eigenvalue weighted by Crippen LogP contribution is 2.16. The molecule has 1 unspecified atom stereocenters. The van der Waals surface area contributed by atoms with Crippen molar-refractivity contribution in [2.45, 2.75) is 31.3 Å². The minimum atomic E-state index is -3.70. The monoisotopic (exact) mass is 261 g/mol. The van der Waals surface area contributed by atoms with Crippen molar-refractivity contribution in [2.24, 2.45) is 0 Å². The van der Waals surface area contributed by atoms with Crippen molar-refractivity contribution in [1.82, 2.24) is 14.5 Å². The predicted molar refractivity (Wildman–Crippen MR) is 59.9 cm³/mol. The van der Waals surface area contributed by atoms with E-state index in [0.29, 0.717) is 0 Å². The fraction of sp³-hybridized carbons (Fsp3) is 0.556. The normalized spacial score (nSPS) is 13.8. The third kappa shape index (κ3) is 3.04. The van der Waals surface area contributed by atoms with E-state index >= 15 is 0 Å². The maximum absolute atomic E-state index is 12.1. The van der Waals surface area contributed by atoms with Crippen LogP contribution in [0.15, 0.2) is 17.3 Å². The van der Waals surface area contributed by atoms with Gasteiger partial charge in [-0.05, 0) is 13.0 Å². The standard InChI is InChI=1S/C9H15N3O4S/c1-3-12(7(2)6-9(13)14)17(15,16)8-4-5-10-11-8/h4-5,7H,3,6H2,1-2H3,(H,10,11)(H,13,14). The topological polar surface area (TPSA) is 103 Å². The molecule has 0 fully saturated rings. The van der Waals surface area contributed by atoms with Crippen LogP contribution in [0.1, 0.15) is 20.3 Å². The van der Waals surface area contributed by atoms with E-state index in [-0.39, 0.29) is 18.0 Å². The third-order valence-corrected chi connectivity index (χ3v) is 4.35. The Balaban J connectivity index is 2.98. The Morgan fingerprint density at radius 1 is 1.65 bits per heavy atom. The largest absolute Gasteiger partial charge is 0.481 e. The molecule has 0 aliphatic rings. The van der Waals surface area contributed by atoms with Crippen LogP contribution < -0.4 is 0 Å². The molecule has 2 N–H and O–H groups in total. The highest BCUT2D eigenvalue weighted by Gasteiger charge is 2.29. The van der Waals surface area contributed by atoms with Crippen molar-refractivity contribution < 1.29 is 18.3 Å². The molecule has 0 aliphatic heterocycles. The molecule has 1 aromatic heterocycles. The van der Waals surface area contributed by atoms with Gasteiger partial charge in [-0.15, -0.1) is 0 Å². The molecule has 1 heterocycles. The number of carboxylic acids is 1. The second-order valence-corrected chi connectivity index (χ2v) is 5.44. The summed E-state index contributed by atoms with van der Waals surface area (Å²) in [6, 6.07) is 0.733. The van der Waals surface area contributed by atoms with E-state index < -0.39 is 22.0 Å². The lowest BCUT2D eigenvalue weighted by atomic mass is 10.2. The minimum Gasteiger partial charge on any atom is -0.481 e. The number of hydrogen-bond acceptors (Lipinski definition) is 4. The number of H-pyrrole nitrogens is 1. The van der Waals surface area contributed by atoms with Gasteiger partial charge in [-0.25, -0.2) is 8.42 Å². The maximum atomic E-state index is 12.1. The maximum Gasteiger partial charge on any atom is 0.304 e. The van der Waals surface area contributed by atoms with Crippen LogP contribution in [0, 0.1) is 0 Å². The Labute approximate surface area is 99.5 Å². The van der Waals surface area contributed by atoms with Crippen molar-refractivity contribution >= 4 is 16.0 Å². The number of carbonyl (C=O) groups is 1. The summed E-state index contributed by atoms with van der Waals surface area (Å²) < 4.78 is 25.4. The van der Waals surface area contributed by atoms with Crippen molar-refractivity contribution in [3.63, 3.8) is 0 Å². The zero-order chi connectivity index (χ0) is 13.1. The second-order valence-electron chi connectivity index (χ2n) is 3.58. The minimum absolute atomic E-state index is 0.0309. The Morgan fingerprint density at radius 3 is 2.71 bits per heavy atom. The molecule has 8 heteroatoms. The number of hydrogen-bond donors (Lipinski definition) is 2. The molecule has 0 saturated carbocycles. The molecular weight excluding hydrogens is 246 g/mol. The first kappa shape index (κ1) is 13.7. The van der Waals surface area contributed by atoms with E-state index in [1.54, 1.807) is 13.8 Å². The van der Waals surface area contributed by atoms with Crippen LogP contribution in [0.3, 0.4) is 0 Å². The zero-order valence-corrected chi connectivity index (χ0v) is 10.4. The molecule has 0 amide bonds. The number of carboxylic acid groups (broad SMARTS) is 1. The second kappa shape index (κ2) is 5.28. The summed E-state index contributed by atoms with van der Waals surface area (Å²) in [5, 5.41) is 14.6. The number of rotatable bonds is 6. The van der Waals surface area contributed by atoms with Crippen molar-refractivity contribution in [1.29, 1.82) is 0 Å². The van der Waals surface area contributed by atoms with E-state index in [1.165, 1.54) is 12.3 Å². The van der Waals surface area contributed by atoms with E-state index in [0.717, 1.165) is 4.31 Å². The summed E-state index contributed by atoms with van der Waals surface area (Å²) >= 11 is 0. The number of aromatic amines is 1. The molecule has 0 aromatic carbocycles. The van der Waals surface area contributed by atoms with Gasteiger partial charge in [-0.1, -0.05) is 6.92 Å². The summed E-state index contributed by atoms with van der Waals surface area (Å²) in [5.41, 5.74) is 0. The Hall–Kier alpha value is -1.41. The van der Waals surface area contributed by atoms with Gasteiger partial charge in [0.2, 0.25) is 0 Å². The first-order valence-corrected chi connectivity index (χ1v) is 6.56. The molecule has 0 bridgehead atoms. The van der Waals surface area contributed by atoms with Crippen molar-refractivity contribution in [3.8, 4) is 0 Å². The zero-order valence-electron chi connectivity index (χ0n) is 9.62. The molecule has 96 valence electrons. The summed E-state index contributed by atoms with van der Waals surface area (Å²) in [6.45, 7) is 3.42. The predicted octanol–water partition coefficient (Wildman–Crippen LogP) is 0.283. The van der Waals surface area contributed by atoms with E-state index in [1.807, 2.05) is 0 Å². The highest BCUT2D eigenvalue weighted by atomic mass is 32.2. The molecule has 0 saturated heterocycles. The van der Waals surface area contributed by atoms with Crippen LogP contribution in [0.2, 0.25) is 0 Å². The van der Waals surface area contributed by atoms with Crippen LogP contribution >= 0.6 is 0 Å². The molecular formula is C9H15N3O4S.